The van der Waals surface area contributed by atoms with Crippen molar-refractivity contribution in [2.24, 2.45) is 0 Å². The molecule has 0 heterocycles. The maximum Gasteiger partial charge on any atom is 0.306 e. The fourth-order valence-electron chi connectivity index (χ4n) is 9.46. The summed E-state index contributed by atoms with van der Waals surface area (Å²) < 4.78 is 16.9. The molecule has 0 N–H and O–H groups in total. The zero-order valence-corrected chi connectivity index (χ0v) is 47.8. The van der Waals surface area contributed by atoms with E-state index in [4.69, 9.17) is 14.2 Å². The molecule has 6 nitrogen and oxygen atoms in total. The SMILES string of the molecule is CC/C=C\C/C=C\C/C=C\CCCCCCCC(=O)OC(COC(=O)CCCCCCCCCCCCCC)COC(=O)CCCCCCCCCCCCCCCCCCCCCCCCCCCC. The standard InChI is InChI=1S/C65H120O6/c1-4-7-10-13-16-19-22-25-27-28-29-30-31-32-33-34-35-36-37-39-40-43-46-49-52-55-58-64(67)70-61-62(60-69-63(66)57-54-51-48-45-42-24-21-18-15-12-9-6-3)71-65(68)59-56-53-50-47-44-41-38-26-23-20-17-14-11-8-5-2/h8,11,17,20,26,38,62H,4-7,9-10,12-16,18-19,21-25,27-37,39-61H2,1-3H3/b11-8-,20-17-,38-26-. The molecule has 1 unspecified atom stereocenters. The van der Waals surface area contributed by atoms with E-state index in [2.05, 4.69) is 57.2 Å². The first-order valence-corrected chi connectivity index (χ1v) is 31.5. The van der Waals surface area contributed by atoms with Crippen LogP contribution in [0.25, 0.3) is 0 Å². The van der Waals surface area contributed by atoms with Gasteiger partial charge in [-0.15, -0.1) is 0 Å². The van der Waals surface area contributed by atoms with Gasteiger partial charge in [-0.05, 0) is 51.4 Å². The molecule has 6 heteroatoms. The molecular formula is C65H120O6. The molecule has 71 heavy (non-hydrogen) atoms. The van der Waals surface area contributed by atoms with Crippen LogP contribution in [0.1, 0.15) is 342 Å². The van der Waals surface area contributed by atoms with Crippen molar-refractivity contribution in [3.8, 4) is 0 Å². The molecule has 0 aliphatic heterocycles. The third kappa shape index (κ3) is 58.4. The summed E-state index contributed by atoms with van der Waals surface area (Å²) in [5.41, 5.74) is 0. The molecule has 0 saturated carbocycles. The van der Waals surface area contributed by atoms with Gasteiger partial charge in [-0.3, -0.25) is 14.4 Å². The quantitative estimate of drug-likeness (QED) is 0.0261. The molecule has 0 aliphatic rings. The summed E-state index contributed by atoms with van der Waals surface area (Å²) >= 11 is 0. The van der Waals surface area contributed by atoms with Gasteiger partial charge >= 0.3 is 17.9 Å². The maximum atomic E-state index is 12.9. The van der Waals surface area contributed by atoms with Crippen LogP contribution in [-0.4, -0.2) is 37.2 Å². The second-order valence-corrected chi connectivity index (χ2v) is 21.3. The van der Waals surface area contributed by atoms with Gasteiger partial charge in [0.2, 0.25) is 0 Å². The zero-order chi connectivity index (χ0) is 51.4. The van der Waals surface area contributed by atoms with Crippen molar-refractivity contribution in [3.63, 3.8) is 0 Å². The van der Waals surface area contributed by atoms with Crippen LogP contribution < -0.4 is 0 Å². The van der Waals surface area contributed by atoms with Gasteiger partial charge in [0.25, 0.3) is 0 Å². The molecule has 0 aromatic rings. The number of esters is 3. The Morgan fingerprint density at radius 3 is 0.859 bits per heavy atom. The van der Waals surface area contributed by atoms with E-state index in [-0.39, 0.29) is 31.1 Å². The van der Waals surface area contributed by atoms with Crippen molar-refractivity contribution in [1.82, 2.24) is 0 Å². The number of hydrogen-bond acceptors (Lipinski definition) is 6. The van der Waals surface area contributed by atoms with Crippen molar-refractivity contribution < 1.29 is 28.6 Å². The Bertz CT molecular complexity index is 1190. The van der Waals surface area contributed by atoms with E-state index in [1.165, 1.54) is 205 Å². The fourth-order valence-corrected chi connectivity index (χ4v) is 9.46. The van der Waals surface area contributed by atoms with Crippen LogP contribution in [0.15, 0.2) is 36.5 Å². The van der Waals surface area contributed by atoms with Gasteiger partial charge in [-0.2, -0.15) is 0 Å². The van der Waals surface area contributed by atoms with Crippen molar-refractivity contribution in [1.29, 1.82) is 0 Å². The molecule has 1 atom stereocenters. The monoisotopic (exact) mass is 997 g/mol. The summed E-state index contributed by atoms with van der Waals surface area (Å²) in [5.74, 6) is -0.870. The van der Waals surface area contributed by atoms with E-state index in [1.807, 2.05) is 0 Å². The number of unbranched alkanes of at least 4 members (excludes halogenated alkanes) is 41. The lowest BCUT2D eigenvalue weighted by molar-refractivity contribution is -0.167. The van der Waals surface area contributed by atoms with Crippen molar-refractivity contribution >= 4 is 17.9 Å². The lowest BCUT2D eigenvalue weighted by atomic mass is 10.0. The molecule has 416 valence electrons. The molecule has 0 bridgehead atoms. The topological polar surface area (TPSA) is 78.9 Å². The van der Waals surface area contributed by atoms with Crippen LogP contribution in [0, 0.1) is 0 Å². The van der Waals surface area contributed by atoms with Gasteiger partial charge in [0.1, 0.15) is 13.2 Å². The second kappa shape index (κ2) is 60.2. The van der Waals surface area contributed by atoms with Crippen LogP contribution in [0.2, 0.25) is 0 Å². The zero-order valence-electron chi connectivity index (χ0n) is 47.8. The van der Waals surface area contributed by atoms with Gasteiger partial charge in [-0.25, -0.2) is 0 Å². The van der Waals surface area contributed by atoms with Gasteiger partial charge in [0, 0.05) is 19.3 Å². The molecule has 0 radical (unpaired) electrons. The molecule has 0 rings (SSSR count). The minimum atomic E-state index is -0.777. The minimum absolute atomic E-state index is 0.0743. The molecule has 0 fully saturated rings. The molecule has 0 aromatic heterocycles. The number of hydrogen-bond donors (Lipinski definition) is 0. The van der Waals surface area contributed by atoms with Gasteiger partial charge < -0.3 is 14.2 Å². The van der Waals surface area contributed by atoms with Crippen LogP contribution in [0.5, 0.6) is 0 Å². The predicted molar refractivity (Wildman–Crippen MR) is 307 cm³/mol. The number of allylic oxidation sites excluding steroid dienone is 6. The molecular weight excluding hydrogens is 877 g/mol. The van der Waals surface area contributed by atoms with Crippen molar-refractivity contribution in [2.45, 2.75) is 348 Å². The molecule has 0 spiro atoms. The highest BCUT2D eigenvalue weighted by Gasteiger charge is 2.19. The smallest absolute Gasteiger partial charge is 0.306 e. The van der Waals surface area contributed by atoms with E-state index >= 15 is 0 Å². The summed E-state index contributed by atoms with van der Waals surface area (Å²) in [5, 5.41) is 0. The lowest BCUT2D eigenvalue weighted by Crippen LogP contribution is -2.30. The molecule has 0 saturated heterocycles. The first-order chi connectivity index (χ1) is 35.0. The first kappa shape index (κ1) is 68.6. The number of carbonyl (C=O) groups excluding carboxylic acids is 3. The van der Waals surface area contributed by atoms with Crippen LogP contribution in [-0.2, 0) is 28.6 Å². The van der Waals surface area contributed by atoms with E-state index in [9.17, 15) is 14.4 Å². The lowest BCUT2D eigenvalue weighted by Gasteiger charge is -2.18. The van der Waals surface area contributed by atoms with Crippen LogP contribution in [0.4, 0.5) is 0 Å². The molecule has 0 aromatic carbocycles. The highest BCUT2D eigenvalue weighted by Crippen LogP contribution is 2.18. The van der Waals surface area contributed by atoms with Crippen molar-refractivity contribution in [2.75, 3.05) is 13.2 Å². The Morgan fingerprint density at radius 2 is 0.549 bits per heavy atom. The Morgan fingerprint density at radius 1 is 0.296 bits per heavy atom. The molecule has 0 amide bonds. The third-order valence-electron chi connectivity index (χ3n) is 14.2. The highest BCUT2D eigenvalue weighted by molar-refractivity contribution is 5.71. The minimum Gasteiger partial charge on any atom is -0.462 e. The second-order valence-electron chi connectivity index (χ2n) is 21.3. The summed E-state index contributed by atoms with van der Waals surface area (Å²) in [4.78, 5) is 38.2. The average Bonchev–Trinajstić information content (AvgIpc) is 3.37. The van der Waals surface area contributed by atoms with E-state index in [0.717, 1.165) is 96.3 Å². The van der Waals surface area contributed by atoms with Gasteiger partial charge in [0.05, 0.1) is 0 Å². The van der Waals surface area contributed by atoms with Crippen LogP contribution >= 0.6 is 0 Å². The first-order valence-electron chi connectivity index (χ1n) is 31.5. The van der Waals surface area contributed by atoms with E-state index in [1.54, 1.807) is 0 Å². The summed E-state index contributed by atoms with van der Waals surface area (Å²) in [7, 11) is 0. The number of ether oxygens (including phenoxy) is 3. The van der Waals surface area contributed by atoms with E-state index in [0.29, 0.717) is 19.3 Å². The van der Waals surface area contributed by atoms with E-state index < -0.39 is 6.10 Å². The Kier molecular flexibility index (Phi) is 58.2. The number of rotatable bonds is 58. The van der Waals surface area contributed by atoms with Gasteiger partial charge in [0.15, 0.2) is 6.10 Å². The Balaban J connectivity index is 4.18. The van der Waals surface area contributed by atoms with Gasteiger partial charge in [-0.1, -0.05) is 308 Å². The molecule has 0 aliphatic carbocycles. The maximum absolute atomic E-state index is 12.9. The average molecular weight is 998 g/mol. The summed E-state index contributed by atoms with van der Waals surface area (Å²) in [6, 6.07) is 0. The summed E-state index contributed by atoms with van der Waals surface area (Å²) in [6.07, 6.45) is 73.1. The number of carbonyl (C=O) groups is 3. The normalized spacial score (nSPS) is 12.2. The Hall–Kier alpha value is -2.37. The largest absolute Gasteiger partial charge is 0.462 e. The predicted octanol–water partition coefficient (Wildman–Crippen LogP) is 21.2. The van der Waals surface area contributed by atoms with Crippen molar-refractivity contribution in [3.05, 3.63) is 36.5 Å². The third-order valence-corrected chi connectivity index (χ3v) is 14.2. The Labute approximate surface area is 442 Å². The fraction of sp³-hybridized carbons (Fsp3) is 0.862. The summed E-state index contributed by atoms with van der Waals surface area (Å²) in [6.45, 7) is 6.57. The van der Waals surface area contributed by atoms with Crippen LogP contribution in [0.3, 0.4) is 0 Å². The highest BCUT2D eigenvalue weighted by atomic mass is 16.6.